The van der Waals surface area contributed by atoms with Gasteiger partial charge in [-0.25, -0.2) is 0 Å². The molecule has 0 aromatic heterocycles. The number of rotatable bonds is 9. The van der Waals surface area contributed by atoms with Crippen molar-refractivity contribution in [1.29, 1.82) is 0 Å². The van der Waals surface area contributed by atoms with E-state index in [0.717, 1.165) is 35.6 Å². The quantitative estimate of drug-likeness (QED) is 0.516. The maximum absolute atomic E-state index is 12.2. The van der Waals surface area contributed by atoms with Crippen LogP contribution < -0.4 is 19.5 Å². The van der Waals surface area contributed by atoms with Crippen molar-refractivity contribution >= 4 is 5.91 Å². The van der Waals surface area contributed by atoms with Crippen molar-refractivity contribution in [3.63, 3.8) is 0 Å². The number of carbonyl (C=O) groups excluding carboxylic acids is 1. The number of nitrogens with zero attached hydrogens (tertiary/aromatic N) is 1. The molecule has 2 aliphatic rings. The summed E-state index contributed by atoms with van der Waals surface area (Å²) in [6.45, 7) is 3.06. The Hall–Kier alpha value is -3.51. The van der Waals surface area contributed by atoms with Crippen LogP contribution in [0.4, 0.5) is 0 Å². The summed E-state index contributed by atoms with van der Waals surface area (Å²) in [5.74, 6) is 2.40. The number of carbonyl (C=O) groups is 1. The van der Waals surface area contributed by atoms with Crippen LogP contribution in [0.5, 0.6) is 17.2 Å². The highest BCUT2D eigenvalue weighted by molar-refractivity contribution is 5.78. The van der Waals surface area contributed by atoms with Gasteiger partial charge in [-0.15, -0.1) is 0 Å². The van der Waals surface area contributed by atoms with Crippen LogP contribution in [0.3, 0.4) is 0 Å². The van der Waals surface area contributed by atoms with E-state index >= 15 is 0 Å². The summed E-state index contributed by atoms with van der Waals surface area (Å²) in [6, 6.07) is 26.1. The van der Waals surface area contributed by atoms with Gasteiger partial charge in [0.1, 0.15) is 25.1 Å². The van der Waals surface area contributed by atoms with Crippen molar-refractivity contribution in [2.45, 2.75) is 31.6 Å². The number of fused-ring (bicyclic) bond motifs is 1. The van der Waals surface area contributed by atoms with Gasteiger partial charge in [-0.2, -0.15) is 0 Å². The van der Waals surface area contributed by atoms with Gasteiger partial charge in [-0.1, -0.05) is 60.7 Å². The van der Waals surface area contributed by atoms with Crippen molar-refractivity contribution in [2.75, 3.05) is 26.2 Å². The smallest absolute Gasteiger partial charge is 0.222 e. The van der Waals surface area contributed by atoms with Crippen LogP contribution in [0, 0.1) is 0 Å². The van der Waals surface area contributed by atoms with Gasteiger partial charge in [0.15, 0.2) is 11.5 Å². The molecule has 3 aromatic rings. The Bertz CT molecular complexity index is 1090. The molecular weight excluding hydrogens is 428 g/mol. The van der Waals surface area contributed by atoms with E-state index in [1.807, 2.05) is 71.6 Å². The van der Waals surface area contributed by atoms with E-state index < -0.39 is 0 Å². The molecule has 1 saturated heterocycles. The van der Waals surface area contributed by atoms with Crippen LogP contribution in [0.25, 0.3) is 0 Å². The number of hydrogen-bond donors (Lipinski definition) is 1. The summed E-state index contributed by atoms with van der Waals surface area (Å²) in [4.78, 5) is 14.2. The number of benzene rings is 3. The molecule has 34 heavy (non-hydrogen) atoms. The minimum absolute atomic E-state index is 0.0359. The molecule has 2 aliphatic heterocycles. The number of likely N-dealkylation sites (tertiary alicyclic amines) is 1. The molecule has 3 aromatic carbocycles. The first-order valence-corrected chi connectivity index (χ1v) is 11.9. The molecule has 6 heteroatoms. The first kappa shape index (κ1) is 22.3. The summed E-state index contributed by atoms with van der Waals surface area (Å²) >= 11 is 0. The third-order valence-electron chi connectivity index (χ3n) is 6.25. The first-order chi connectivity index (χ1) is 16.7. The molecule has 2 heterocycles. The van der Waals surface area contributed by atoms with Crippen molar-refractivity contribution in [2.24, 2.45) is 0 Å². The largest absolute Gasteiger partial charge is 0.489 e. The van der Waals surface area contributed by atoms with E-state index in [0.29, 0.717) is 38.5 Å². The Morgan fingerprint density at radius 2 is 1.79 bits per heavy atom. The molecule has 1 N–H and O–H groups in total. The number of amides is 1. The lowest BCUT2D eigenvalue weighted by Crippen LogP contribution is -2.43. The molecule has 0 bridgehead atoms. The van der Waals surface area contributed by atoms with Gasteiger partial charge in [-0.3, -0.25) is 4.79 Å². The predicted octanol–water partition coefficient (Wildman–Crippen LogP) is 4.36. The molecule has 0 spiro atoms. The highest BCUT2D eigenvalue weighted by Gasteiger charge is 2.26. The lowest BCUT2D eigenvalue weighted by molar-refractivity contribution is -0.128. The van der Waals surface area contributed by atoms with E-state index in [1.165, 1.54) is 0 Å². The second kappa shape index (κ2) is 10.6. The normalized spacial score (nSPS) is 18.1. The zero-order valence-corrected chi connectivity index (χ0v) is 19.2. The second-order valence-electron chi connectivity index (χ2n) is 8.75. The first-order valence-electron chi connectivity index (χ1n) is 11.9. The average Bonchev–Trinajstić information content (AvgIpc) is 3.30. The molecule has 5 rings (SSSR count). The topological polar surface area (TPSA) is 60.0 Å². The molecule has 0 saturated carbocycles. The average molecular weight is 459 g/mol. The highest BCUT2D eigenvalue weighted by Crippen LogP contribution is 2.35. The Labute approximate surface area is 200 Å². The molecule has 6 nitrogen and oxygen atoms in total. The highest BCUT2D eigenvalue weighted by atomic mass is 16.6. The molecule has 1 amide bonds. The number of ether oxygens (including phenoxy) is 3. The summed E-state index contributed by atoms with van der Waals surface area (Å²) in [5.41, 5.74) is 2.28. The third kappa shape index (κ3) is 5.51. The van der Waals surface area contributed by atoms with E-state index in [1.54, 1.807) is 0 Å². The van der Waals surface area contributed by atoms with E-state index in [-0.39, 0.29) is 18.1 Å². The Balaban J connectivity index is 1.21. The van der Waals surface area contributed by atoms with E-state index in [4.69, 9.17) is 14.2 Å². The van der Waals surface area contributed by atoms with Crippen molar-refractivity contribution < 1.29 is 19.0 Å². The van der Waals surface area contributed by atoms with Crippen LogP contribution in [0.1, 0.15) is 30.0 Å². The van der Waals surface area contributed by atoms with Gasteiger partial charge in [-0.05, 0) is 29.7 Å². The van der Waals surface area contributed by atoms with Crippen LogP contribution in [0.2, 0.25) is 0 Å². The van der Waals surface area contributed by atoms with Gasteiger partial charge in [0.05, 0.1) is 6.04 Å². The molecule has 0 radical (unpaired) electrons. The number of nitrogens with one attached hydrogen (secondary N) is 1. The Morgan fingerprint density at radius 3 is 2.56 bits per heavy atom. The molecule has 0 aliphatic carbocycles. The fourth-order valence-electron chi connectivity index (χ4n) is 4.39. The lowest BCUT2D eigenvalue weighted by atomic mass is 10.1. The van der Waals surface area contributed by atoms with Crippen LogP contribution in [-0.2, 0) is 11.4 Å². The van der Waals surface area contributed by atoms with Crippen molar-refractivity contribution in [3.8, 4) is 17.2 Å². The molecule has 2 atom stereocenters. The lowest BCUT2D eigenvalue weighted by Gasteiger charge is -2.30. The molecule has 2 unspecified atom stereocenters. The maximum Gasteiger partial charge on any atom is 0.222 e. The Kier molecular flexibility index (Phi) is 6.96. The summed E-state index contributed by atoms with van der Waals surface area (Å²) in [5, 5.41) is 3.62. The third-order valence-corrected chi connectivity index (χ3v) is 6.25. The summed E-state index contributed by atoms with van der Waals surface area (Å²) in [7, 11) is 0. The monoisotopic (exact) mass is 458 g/mol. The second-order valence-corrected chi connectivity index (χ2v) is 8.75. The molecule has 1 fully saturated rings. The summed E-state index contributed by atoms with van der Waals surface area (Å²) < 4.78 is 18.2. The zero-order valence-electron chi connectivity index (χ0n) is 19.2. The van der Waals surface area contributed by atoms with Crippen LogP contribution in [0.15, 0.2) is 78.9 Å². The maximum atomic E-state index is 12.2. The fourth-order valence-corrected chi connectivity index (χ4v) is 4.39. The fraction of sp³-hybridized carbons (Fsp3) is 0.321. The Morgan fingerprint density at radius 1 is 1.00 bits per heavy atom. The van der Waals surface area contributed by atoms with Crippen molar-refractivity contribution in [1.82, 2.24) is 10.2 Å². The van der Waals surface area contributed by atoms with Gasteiger partial charge in [0, 0.05) is 32.1 Å². The predicted molar refractivity (Wildman–Crippen MR) is 130 cm³/mol. The summed E-state index contributed by atoms with van der Waals surface area (Å²) in [6.07, 6.45) is 1.44. The van der Waals surface area contributed by atoms with Crippen LogP contribution in [-0.4, -0.2) is 43.2 Å². The standard InChI is InChI=1S/C28H30N2O4/c31-28-12-7-15-30(28)18-25(22-10-5-2-6-11-22)29-17-24-20-33-26-14-13-23(16-27(26)34-24)32-19-21-8-3-1-4-9-21/h1-6,8-11,13-14,16,24-25,29H,7,12,15,17-20H2. The molecular formula is C28H30N2O4. The minimum atomic E-state index is -0.141. The molecule has 176 valence electrons. The zero-order chi connectivity index (χ0) is 23.2. The van der Waals surface area contributed by atoms with Gasteiger partial charge < -0.3 is 24.4 Å². The van der Waals surface area contributed by atoms with Gasteiger partial charge >= 0.3 is 0 Å². The van der Waals surface area contributed by atoms with Gasteiger partial charge in [0.25, 0.3) is 0 Å². The van der Waals surface area contributed by atoms with Gasteiger partial charge in [0.2, 0.25) is 5.91 Å². The minimum Gasteiger partial charge on any atom is -0.489 e. The van der Waals surface area contributed by atoms with Crippen LogP contribution >= 0.6 is 0 Å². The number of hydrogen-bond acceptors (Lipinski definition) is 5. The van der Waals surface area contributed by atoms with E-state index in [2.05, 4.69) is 17.4 Å². The van der Waals surface area contributed by atoms with E-state index in [9.17, 15) is 4.79 Å². The SMILES string of the molecule is O=C1CCCN1CC(NCC1COc2ccc(OCc3ccccc3)cc2O1)c1ccccc1. The van der Waals surface area contributed by atoms with Crippen molar-refractivity contribution in [3.05, 3.63) is 90.0 Å².